The van der Waals surface area contributed by atoms with Gasteiger partial charge in [-0.1, -0.05) is 90.9 Å². The first-order valence-corrected chi connectivity index (χ1v) is 17.9. The van der Waals surface area contributed by atoms with E-state index in [0.717, 1.165) is 40.4 Å². The number of aromatic nitrogens is 1. The Kier molecular flexibility index (Phi) is 12.6. The number of nitrogens with zero attached hydrogens (tertiary/aromatic N) is 2. The molecule has 2 atom stereocenters. The topological polar surface area (TPSA) is 126 Å². The third kappa shape index (κ3) is 8.96. The minimum atomic E-state index is -1.94. The van der Waals surface area contributed by atoms with E-state index >= 15 is 0 Å². The van der Waals surface area contributed by atoms with Crippen LogP contribution in [0.25, 0.3) is 10.9 Å². The molecule has 1 aromatic heterocycles. The number of H-pyrrole nitrogens is 1. The van der Waals surface area contributed by atoms with Crippen molar-refractivity contribution in [3.05, 3.63) is 131 Å². The number of amides is 3. The van der Waals surface area contributed by atoms with Gasteiger partial charge in [0.25, 0.3) is 5.91 Å². The number of carbonyl (C=O) groups excluding carboxylic acids is 3. The molecule has 9 nitrogen and oxygen atoms in total. The van der Waals surface area contributed by atoms with Gasteiger partial charge in [-0.3, -0.25) is 14.4 Å². The molecule has 9 heteroatoms. The average Bonchev–Trinajstić information content (AvgIpc) is 3.62. The fourth-order valence-electron chi connectivity index (χ4n) is 6.66. The first-order chi connectivity index (χ1) is 25.0. The predicted molar refractivity (Wildman–Crippen MR) is 208 cm³/mol. The zero-order valence-electron chi connectivity index (χ0n) is 30.6. The number of anilines is 2. The summed E-state index contributed by atoms with van der Waals surface area (Å²) in [5, 5.41) is 25.9. The molecule has 0 radical (unpaired) electrons. The van der Waals surface area contributed by atoms with Crippen molar-refractivity contribution in [2.24, 2.45) is 5.92 Å². The quantitative estimate of drug-likeness (QED) is 0.0921. The average molecular weight is 703 g/mol. The van der Waals surface area contributed by atoms with Gasteiger partial charge in [0.15, 0.2) is 5.60 Å². The predicted octanol–water partition coefficient (Wildman–Crippen LogP) is 7.18. The molecule has 4 N–H and O–H groups in total. The summed E-state index contributed by atoms with van der Waals surface area (Å²) in [5.74, 6) is -1.58. The number of rotatable bonds is 16. The lowest BCUT2D eigenvalue weighted by atomic mass is 9.82. The molecule has 1 aliphatic heterocycles. The van der Waals surface area contributed by atoms with E-state index in [1.165, 1.54) is 5.57 Å². The Morgan fingerprint density at radius 3 is 2.52 bits per heavy atom. The zero-order valence-corrected chi connectivity index (χ0v) is 30.6. The molecular formula is C43H50N4O5. The first-order valence-electron chi connectivity index (χ1n) is 17.9. The number of aromatic amines is 1. The van der Waals surface area contributed by atoms with Crippen molar-refractivity contribution in [3.8, 4) is 0 Å². The Morgan fingerprint density at radius 1 is 1.02 bits per heavy atom. The van der Waals surface area contributed by atoms with E-state index in [-0.39, 0.29) is 44.4 Å². The van der Waals surface area contributed by atoms with Crippen LogP contribution in [0.5, 0.6) is 0 Å². The van der Waals surface area contributed by atoms with Crippen LogP contribution >= 0.6 is 0 Å². The van der Waals surface area contributed by atoms with Gasteiger partial charge in [-0.2, -0.15) is 0 Å². The van der Waals surface area contributed by atoms with E-state index in [0.29, 0.717) is 23.5 Å². The molecule has 0 bridgehead atoms. The minimum absolute atomic E-state index is 0.0373. The fraction of sp³-hybridized carbons (Fsp3) is 0.326. The van der Waals surface area contributed by atoms with Crippen LogP contribution in [0.4, 0.5) is 11.4 Å². The van der Waals surface area contributed by atoms with Gasteiger partial charge in [0.1, 0.15) is 0 Å². The van der Waals surface area contributed by atoms with Gasteiger partial charge in [-0.25, -0.2) is 0 Å². The van der Waals surface area contributed by atoms with Crippen LogP contribution in [-0.4, -0.2) is 57.5 Å². The highest BCUT2D eigenvalue weighted by Gasteiger charge is 2.52. The third-order valence-corrected chi connectivity index (χ3v) is 9.61. The number of aliphatic hydroxyl groups excluding tert-OH is 1. The molecule has 0 saturated heterocycles. The molecule has 0 fully saturated rings. The van der Waals surface area contributed by atoms with Crippen LogP contribution in [0.1, 0.15) is 63.6 Å². The van der Waals surface area contributed by atoms with Gasteiger partial charge >= 0.3 is 0 Å². The second kappa shape index (κ2) is 17.3. The summed E-state index contributed by atoms with van der Waals surface area (Å²) in [4.78, 5) is 47.0. The van der Waals surface area contributed by atoms with E-state index in [1.54, 1.807) is 47.1 Å². The maximum Gasteiger partial charge on any atom is 0.264 e. The van der Waals surface area contributed by atoms with Gasteiger partial charge < -0.3 is 30.3 Å². The number of carbonyl (C=O) groups is 3. The van der Waals surface area contributed by atoms with E-state index in [2.05, 4.69) is 30.2 Å². The van der Waals surface area contributed by atoms with Crippen molar-refractivity contribution in [3.63, 3.8) is 0 Å². The Balaban J connectivity index is 1.37. The van der Waals surface area contributed by atoms with Crippen LogP contribution in [0.2, 0.25) is 0 Å². The molecule has 0 unspecified atom stereocenters. The van der Waals surface area contributed by atoms with Crippen LogP contribution < -0.4 is 10.2 Å². The standard InChI is InChI=1S/C43H50N4O5/c1-30(2)12-10-13-31(3)22-23-47-39-21-20-35(45-40(49)26-34-28-44-38-18-9-8-17-36(34)38)27-37(39)43(52,42(47)51)32(4)14-11-19-41(50)46(24-25-48)29-33-15-6-5-7-16-33/h5-9,11-12,14-18,20-22,27-28,32,44,48,52H,10,13,19,23-26,29H2,1-4H3,(H,45,49)/b14-11+,31-22+/t32-,43+/m0/s1. The summed E-state index contributed by atoms with van der Waals surface area (Å²) in [6.07, 6.45) is 11.4. The Bertz CT molecular complexity index is 1970. The molecule has 2 heterocycles. The van der Waals surface area contributed by atoms with Gasteiger partial charge in [-0.15, -0.1) is 0 Å². The maximum atomic E-state index is 14.2. The highest BCUT2D eigenvalue weighted by atomic mass is 16.3. The van der Waals surface area contributed by atoms with Crippen LogP contribution in [0, 0.1) is 5.92 Å². The SMILES string of the molecule is CC(C)=CCC/C(C)=C/CN1C(=O)[C@@](O)([C@@H](C)/C=C/CC(=O)N(CCO)Cc2ccccc2)c2cc(NC(=O)Cc3c[nH]c4ccccc34)ccc21. The first kappa shape index (κ1) is 38.0. The lowest BCUT2D eigenvalue weighted by Crippen LogP contribution is -2.44. The van der Waals surface area contributed by atoms with Crippen molar-refractivity contribution < 1.29 is 24.6 Å². The van der Waals surface area contributed by atoms with Crippen LogP contribution in [-0.2, 0) is 33.0 Å². The molecule has 272 valence electrons. The van der Waals surface area contributed by atoms with Gasteiger partial charge in [0, 0.05) is 60.3 Å². The highest BCUT2D eigenvalue weighted by Crippen LogP contribution is 2.46. The summed E-state index contributed by atoms with van der Waals surface area (Å²) in [7, 11) is 0. The number of benzene rings is 3. The Labute approximate surface area is 306 Å². The van der Waals surface area contributed by atoms with E-state index in [9.17, 15) is 24.6 Å². The van der Waals surface area contributed by atoms with Gasteiger partial charge in [-0.05, 0) is 69.0 Å². The third-order valence-electron chi connectivity index (χ3n) is 9.61. The second-order valence-corrected chi connectivity index (χ2v) is 13.8. The number of allylic oxidation sites excluding steroid dienone is 3. The van der Waals surface area contributed by atoms with Crippen molar-refractivity contribution in [1.29, 1.82) is 0 Å². The van der Waals surface area contributed by atoms with Crippen LogP contribution in [0.15, 0.2) is 114 Å². The molecule has 0 spiro atoms. The van der Waals surface area contributed by atoms with Gasteiger partial charge in [0.2, 0.25) is 11.8 Å². The van der Waals surface area contributed by atoms with E-state index < -0.39 is 17.4 Å². The molecule has 4 aromatic rings. The number of hydrogen-bond acceptors (Lipinski definition) is 5. The number of aliphatic hydroxyl groups is 2. The smallest absolute Gasteiger partial charge is 0.264 e. The molecule has 3 aromatic carbocycles. The molecular weight excluding hydrogens is 652 g/mol. The van der Waals surface area contributed by atoms with Crippen molar-refractivity contribution >= 4 is 40.0 Å². The highest BCUT2D eigenvalue weighted by molar-refractivity contribution is 6.08. The number of fused-ring (bicyclic) bond motifs is 2. The zero-order chi connectivity index (χ0) is 37.3. The molecule has 5 rings (SSSR count). The lowest BCUT2D eigenvalue weighted by molar-refractivity contribution is -0.139. The second-order valence-electron chi connectivity index (χ2n) is 13.8. The lowest BCUT2D eigenvalue weighted by Gasteiger charge is -2.28. The largest absolute Gasteiger partial charge is 0.395 e. The Morgan fingerprint density at radius 2 is 1.77 bits per heavy atom. The summed E-state index contributed by atoms with van der Waals surface area (Å²) < 4.78 is 0. The fourth-order valence-corrected chi connectivity index (χ4v) is 6.66. The minimum Gasteiger partial charge on any atom is -0.395 e. The molecule has 52 heavy (non-hydrogen) atoms. The summed E-state index contributed by atoms with van der Waals surface area (Å²) in [5.41, 5.74) is 4.67. The number of nitrogens with one attached hydrogen (secondary N) is 2. The summed E-state index contributed by atoms with van der Waals surface area (Å²) in [6, 6.07) is 22.6. The van der Waals surface area contributed by atoms with Crippen molar-refractivity contribution in [2.45, 2.75) is 65.5 Å². The maximum absolute atomic E-state index is 14.2. The summed E-state index contributed by atoms with van der Waals surface area (Å²) >= 11 is 0. The monoisotopic (exact) mass is 702 g/mol. The van der Waals surface area contributed by atoms with Crippen molar-refractivity contribution in [2.75, 3.05) is 29.9 Å². The van der Waals surface area contributed by atoms with E-state index in [1.807, 2.05) is 73.8 Å². The Hall–Kier alpha value is -5.25. The van der Waals surface area contributed by atoms with E-state index in [4.69, 9.17) is 0 Å². The van der Waals surface area contributed by atoms with Crippen LogP contribution in [0.3, 0.4) is 0 Å². The number of hydrogen-bond donors (Lipinski definition) is 4. The van der Waals surface area contributed by atoms with Crippen molar-refractivity contribution in [1.82, 2.24) is 9.88 Å². The summed E-state index contributed by atoms with van der Waals surface area (Å²) in [6.45, 7) is 8.61. The molecule has 1 aliphatic rings. The molecule has 0 aliphatic carbocycles. The normalized spacial score (nSPS) is 16.3. The molecule has 3 amide bonds. The van der Waals surface area contributed by atoms with Gasteiger partial charge in [0.05, 0.1) is 18.7 Å². The molecule has 0 saturated carbocycles. The number of para-hydroxylation sites is 1.